The largest absolute Gasteiger partial charge is 0.349 e. The van der Waals surface area contributed by atoms with Gasteiger partial charge >= 0.3 is 0 Å². The molecular formula is C20H17N3O2S. The van der Waals surface area contributed by atoms with E-state index in [0.29, 0.717) is 22.7 Å². The predicted molar refractivity (Wildman–Crippen MR) is 104 cm³/mol. The number of carbonyl (C=O) groups is 2. The summed E-state index contributed by atoms with van der Waals surface area (Å²) in [5.74, 6) is -0.566. The van der Waals surface area contributed by atoms with Gasteiger partial charge in [0.2, 0.25) is 0 Å². The van der Waals surface area contributed by atoms with Gasteiger partial charge in [-0.2, -0.15) is 0 Å². The van der Waals surface area contributed by atoms with Gasteiger partial charge < -0.3 is 10.6 Å². The standard InChI is InChI=1S/C20H17N3O2S/c1-2-12-21-18(24)15-10-6-7-11-16(15)23-19(25)17-13-22-20(26-17)14-8-4-3-5-9-14/h2-11,13H,1,12H2,(H,21,24)(H,23,25). The first-order chi connectivity index (χ1) is 12.7. The second-order valence-electron chi connectivity index (χ2n) is 5.39. The van der Waals surface area contributed by atoms with Crippen molar-refractivity contribution in [2.24, 2.45) is 0 Å². The number of rotatable bonds is 6. The summed E-state index contributed by atoms with van der Waals surface area (Å²) in [6, 6.07) is 16.5. The molecule has 6 heteroatoms. The zero-order chi connectivity index (χ0) is 18.4. The average molecular weight is 363 g/mol. The van der Waals surface area contributed by atoms with E-state index in [4.69, 9.17) is 0 Å². The number of para-hydroxylation sites is 1. The quantitative estimate of drug-likeness (QED) is 0.651. The zero-order valence-corrected chi connectivity index (χ0v) is 14.8. The van der Waals surface area contributed by atoms with E-state index in [2.05, 4.69) is 22.2 Å². The van der Waals surface area contributed by atoms with Crippen LogP contribution in [0, 0.1) is 0 Å². The minimum atomic E-state index is -0.298. The molecule has 2 N–H and O–H groups in total. The summed E-state index contributed by atoms with van der Waals surface area (Å²) in [6.45, 7) is 3.93. The predicted octanol–water partition coefficient (Wildman–Crippen LogP) is 3.98. The van der Waals surface area contributed by atoms with Gasteiger partial charge in [-0.15, -0.1) is 17.9 Å². The average Bonchev–Trinajstić information content (AvgIpc) is 3.17. The van der Waals surface area contributed by atoms with Gasteiger partial charge in [-0.25, -0.2) is 4.98 Å². The molecule has 0 aliphatic carbocycles. The fourth-order valence-electron chi connectivity index (χ4n) is 2.33. The fourth-order valence-corrected chi connectivity index (χ4v) is 3.14. The number of nitrogens with one attached hydrogen (secondary N) is 2. The summed E-state index contributed by atoms with van der Waals surface area (Å²) < 4.78 is 0. The van der Waals surface area contributed by atoms with Crippen LogP contribution in [0.5, 0.6) is 0 Å². The first kappa shape index (κ1) is 17.6. The number of hydrogen-bond acceptors (Lipinski definition) is 4. The Labute approximate surface area is 155 Å². The van der Waals surface area contributed by atoms with Crippen LogP contribution in [0.4, 0.5) is 5.69 Å². The summed E-state index contributed by atoms with van der Waals surface area (Å²) in [4.78, 5) is 29.6. The lowest BCUT2D eigenvalue weighted by Crippen LogP contribution is -2.25. The van der Waals surface area contributed by atoms with Gasteiger partial charge in [-0.1, -0.05) is 48.5 Å². The summed E-state index contributed by atoms with van der Waals surface area (Å²) in [5.41, 5.74) is 1.81. The number of aromatic nitrogens is 1. The molecular weight excluding hydrogens is 346 g/mol. The summed E-state index contributed by atoms with van der Waals surface area (Å²) in [5, 5.41) is 6.27. The number of anilines is 1. The maximum atomic E-state index is 12.6. The van der Waals surface area contributed by atoms with Crippen molar-refractivity contribution < 1.29 is 9.59 Å². The van der Waals surface area contributed by atoms with Crippen LogP contribution in [0.15, 0.2) is 73.4 Å². The van der Waals surface area contributed by atoms with Crippen molar-refractivity contribution in [1.82, 2.24) is 10.3 Å². The molecule has 0 saturated carbocycles. The Bertz CT molecular complexity index is 935. The van der Waals surface area contributed by atoms with Crippen LogP contribution in [-0.4, -0.2) is 23.3 Å². The first-order valence-electron chi connectivity index (χ1n) is 8.00. The second kappa shape index (κ2) is 8.22. The molecule has 2 amide bonds. The van der Waals surface area contributed by atoms with Crippen LogP contribution in [0.1, 0.15) is 20.0 Å². The van der Waals surface area contributed by atoms with Gasteiger partial charge in [0.15, 0.2) is 0 Å². The Morgan fingerprint density at radius 1 is 1.04 bits per heavy atom. The number of carbonyl (C=O) groups excluding carboxylic acids is 2. The first-order valence-corrected chi connectivity index (χ1v) is 8.81. The molecule has 0 bridgehead atoms. The van der Waals surface area contributed by atoms with Crippen molar-refractivity contribution in [3.63, 3.8) is 0 Å². The Morgan fingerprint density at radius 2 is 1.77 bits per heavy atom. The van der Waals surface area contributed by atoms with Gasteiger partial charge in [-0.05, 0) is 12.1 Å². The van der Waals surface area contributed by atoms with E-state index in [0.717, 1.165) is 10.6 Å². The van der Waals surface area contributed by atoms with E-state index >= 15 is 0 Å². The molecule has 3 rings (SSSR count). The van der Waals surface area contributed by atoms with Gasteiger partial charge in [0.05, 0.1) is 17.4 Å². The van der Waals surface area contributed by atoms with E-state index in [9.17, 15) is 9.59 Å². The molecule has 0 fully saturated rings. The van der Waals surface area contributed by atoms with Gasteiger partial charge in [0.1, 0.15) is 9.88 Å². The van der Waals surface area contributed by atoms with E-state index in [-0.39, 0.29) is 11.8 Å². The third-order valence-corrected chi connectivity index (χ3v) is 4.62. The van der Waals surface area contributed by atoms with Gasteiger partial charge in [-0.3, -0.25) is 9.59 Å². The van der Waals surface area contributed by atoms with E-state index in [1.165, 1.54) is 11.3 Å². The van der Waals surface area contributed by atoms with Gasteiger partial charge in [0, 0.05) is 12.1 Å². The second-order valence-corrected chi connectivity index (χ2v) is 6.42. The highest BCUT2D eigenvalue weighted by Crippen LogP contribution is 2.26. The lowest BCUT2D eigenvalue weighted by molar-refractivity contribution is 0.0959. The molecule has 1 heterocycles. The van der Waals surface area contributed by atoms with Crippen molar-refractivity contribution in [3.05, 3.63) is 83.9 Å². The van der Waals surface area contributed by atoms with E-state index in [1.807, 2.05) is 30.3 Å². The van der Waals surface area contributed by atoms with Gasteiger partial charge in [0.25, 0.3) is 11.8 Å². The highest BCUT2D eigenvalue weighted by molar-refractivity contribution is 7.17. The minimum Gasteiger partial charge on any atom is -0.349 e. The van der Waals surface area contributed by atoms with Crippen molar-refractivity contribution in [2.45, 2.75) is 0 Å². The molecule has 0 saturated heterocycles. The smallest absolute Gasteiger partial charge is 0.267 e. The number of thiazole rings is 1. The molecule has 3 aromatic rings. The minimum absolute atomic E-state index is 0.268. The summed E-state index contributed by atoms with van der Waals surface area (Å²) in [7, 11) is 0. The lowest BCUT2D eigenvalue weighted by Gasteiger charge is -2.10. The third-order valence-electron chi connectivity index (χ3n) is 3.58. The molecule has 0 spiro atoms. The van der Waals surface area contributed by atoms with Crippen molar-refractivity contribution in [1.29, 1.82) is 0 Å². The SMILES string of the molecule is C=CCNC(=O)c1ccccc1NC(=O)c1cnc(-c2ccccc2)s1. The molecule has 26 heavy (non-hydrogen) atoms. The Balaban J connectivity index is 1.78. The van der Waals surface area contributed by atoms with Crippen LogP contribution in [-0.2, 0) is 0 Å². The Kier molecular flexibility index (Phi) is 5.56. The van der Waals surface area contributed by atoms with Crippen LogP contribution in [0.3, 0.4) is 0 Å². The molecule has 0 aliphatic rings. The Hall–Kier alpha value is -3.25. The Morgan fingerprint density at radius 3 is 2.54 bits per heavy atom. The van der Waals surface area contributed by atoms with Crippen molar-refractivity contribution in [2.75, 3.05) is 11.9 Å². The molecule has 0 aliphatic heterocycles. The summed E-state index contributed by atoms with van der Waals surface area (Å²) in [6.07, 6.45) is 3.14. The van der Waals surface area contributed by atoms with Crippen molar-refractivity contribution in [3.8, 4) is 10.6 Å². The summed E-state index contributed by atoms with van der Waals surface area (Å²) >= 11 is 1.30. The maximum absolute atomic E-state index is 12.6. The molecule has 130 valence electrons. The van der Waals surface area contributed by atoms with E-state index < -0.39 is 0 Å². The molecule has 5 nitrogen and oxygen atoms in total. The number of nitrogens with zero attached hydrogens (tertiary/aromatic N) is 1. The molecule has 0 unspecified atom stereocenters. The molecule has 0 atom stereocenters. The topological polar surface area (TPSA) is 71.1 Å². The molecule has 1 aromatic heterocycles. The fraction of sp³-hybridized carbons (Fsp3) is 0.0500. The normalized spacial score (nSPS) is 10.2. The van der Waals surface area contributed by atoms with Crippen LogP contribution >= 0.6 is 11.3 Å². The van der Waals surface area contributed by atoms with Crippen LogP contribution in [0.25, 0.3) is 10.6 Å². The number of hydrogen-bond donors (Lipinski definition) is 2. The monoisotopic (exact) mass is 363 g/mol. The highest BCUT2D eigenvalue weighted by atomic mass is 32.1. The van der Waals surface area contributed by atoms with Crippen molar-refractivity contribution >= 4 is 28.8 Å². The zero-order valence-electron chi connectivity index (χ0n) is 13.9. The third kappa shape index (κ3) is 4.04. The van der Waals surface area contributed by atoms with E-state index in [1.54, 1.807) is 36.5 Å². The number of benzene rings is 2. The highest BCUT2D eigenvalue weighted by Gasteiger charge is 2.16. The van der Waals surface area contributed by atoms with Crippen LogP contribution in [0.2, 0.25) is 0 Å². The molecule has 2 aromatic carbocycles. The number of amides is 2. The van der Waals surface area contributed by atoms with Crippen LogP contribution < -0.4 is 10.6 Å². The maximum Gasteiger partial charge on any atom is 0.267 e. The molecule has 0 radical (unpaired) electrons. The lowest BCUT2D eigenvalue weighted by atomic mass is 10.1.